The smallest absolute Gasteiger partial charge is 0.388 e. The maximum absolute atomic E-state index is 12.8. The molecule has 0 saturated heterocycles. The van der Waals surface area contributed by atoms with E-state index >= 15 is 0 Å². The minimum Gasteiger partial charge on any atom is -0.388 e. The summed E-state index contributed by atoms with van der Waals surface area (Å²) < 4.78 is 38.3. The van der Waals surface area contributed by atoms with E-state index < -0.39 is 18.3 Å². The van der Waals surface area contributed by atoms with Gasteiger partial charge < -0.3 is 10.0 Å². The van der Waals surface area contributed by atoms with Crippen molar-refractivity contribution >= 4 is 23.4 Å². The molecule has 0 unspecified atom stereocenters. The topological polar surface area (TPSA) is 71.2 Å². The molecule has 0 aromatic heterocycles. The normalized spacial score (nSPS) is 11.3. The lowest BCUT2D eigenvalue weighted by Gasteiger charge is -2.25. The van der Waals surface area contributed by atoms with Crippen molar-refractivity contribution in [1.82, 2.24) is 4.90 Å². The largest absolute Gasteiger partial charge is 0.416 e. The van der Waals surface area contributed by atoms with Crippen LogP contribution in [0.2, 0.25) is 0 Å². The summed E-state index contributed by atoms with van der Waals surface area (Å²) in [7, 11) is 0. The van der Waals surface area contributed by atoms with E-state index in [1.54, 1.807) is 23.9 Å². The van der Waals surface area contributed by atoms with Crippen molar-refractivity contribution in [3.8, 4) is 11.1 Å². The molecule has 0 atom stereocenters. The highest BCUT2D eigenvalue weighted by molar-refractivity contribution is 7.99. The fourth-order valence-corrected chi connectivity index (χ4v) is 4.07. The van der Waals surface area contributed by atoms with Gasteiger partial charge in [-0.25, -0.2) is 0 Å². The van der Waals surface area contributed by atoms with Crippen molar-refractivity contribution < 1.29 is 18.3 Å². The minimum atomic E-state index is -4.37. The Labute approximate surface area is 195 Å². The molecule has 3 N–H and O–H groups in total. The van der Waals surface area contributed by atoms with Gasteiger partial charge in [0.25, 0.3) is 0 Å². The second-order valence-electron chi connectivity index (χ2n) is 7.39. The Bertz CT molecular complexity index is 1070. The van der Waals surface area contributed by atoms with Crippen LogP contribution >= 0.6 is 11.8 Å². The lowest BCUT2D eigenvalue weighted by Crippen LogP contribution is -2.38. The van der Waals surface area contributed by atoms with Crippen molar-refractivity contribution in [2.24, 2.45) is 0 Å². The van der Waals surface area contributed by atoms with E-state index in [-0.39, 0.29) is 18.2 Å². The minimum absolute atomic E-state index is 0.0628. The van der Waals surface area contributed by atoms with Crippen LogP contribution < -0.4 is 0 Å². The van der Waals surface area contributed by atoms with Gasteiger partial charge in [-0.2, -0.15) is 13.2 Å². The number of nitrogens with zero attached hydrogens (tertiary/aromatic N) is 1. The van der Waals surface area contributed by atoms with Crippen molar-refractivity contribution in [3.63, 3.8) is 0 Å². The zero-order valence-electron chi connectivity index (χ0n) is 17.8. The van der Waals surface area contributed by atoms with Crippen LogP contribution in [0.5, 0.6) is 0 Å². The average Bonchev–Trinajstić information content (AvgIpc) is 2.82. The number of halogens is 3. The molecule has 0 amide bonds. The summed E-state index contributed by atoms with van der Waals surface area (Å²) in [5.74, 6) is 1.29. The predicted octanol–water partition coefficient (Wildman–Crippen LogP) is 6.05. The summed E-state index contributed by atoms with van der Waals surface area (Å²) in [6.45, 7) is -0.229. The Morgan fingerprint density at radius 1 is 0.788 bits per heavy atom. The van der Waals surface area contributed by atoms with Crippen molar-refractivity contribution in [3.05, 3.63) is 95.6 Å². The number of aliphatic hydroxyl groups is 1. The lowest BCUT2D eigenvalue weighted by atomic mass is 10.0. The first-order chi connectivity index (χ1) is 15.8. The van der Waals surface area contributed by atoms with Crippen molar-refractivity contribution in [2.45, 2.75) is 18.5 Å². The summed E-state index contributed by atoms with van der Waals surface area (Å²) in [5, 5.41) is 25.9. The quantitative estimate of drug-likeness (QED) is 0.276. The molecule has 0 spiro atoms. The summed E-state index contributed by atoms with van der Waals surface area (Å²) >= 11 is 1.56. The average molecular weight is 472 g/mol. The monoisotopic (exact) mass is 471 g/mol. The van der Waals surface area contributed by atoms with Crippen molar-refractivity contribution in [2.75, 3.05) is 12.4 Å². The first kappa shape index (κ1) is 24.5. The third-order valence-corrected chi connectivity index (χ3v) is 6.01. The Morgan fingerprint density at radius 3 is 1.91 bits per heavy atom. The van der Waals surface area contributed by atoms with E-state index in [0.29, 0.717) is 11.3 Å². The molecule has 3 rings (SSSR count). The van der Waals surface area contributed by atoms with Gasteiger partial charge in [0.1, 0.15) is 18.3 Å². The first-order valence-electron chi connectivity index (χ1n) is 10.2. The third kappa shape index (κ3) is 6.94. The van der Waals surface area contributed by atoms with E-state index in [4.69, 9.17) is 10.8 Å². The Balaban J connectivity index is 1.64. The van der Waals surface area contributed by atoms with Crippen LogP contribution in [0, 0.1) is 10.8 Å². The van der Waals surface area contributed by atoms with Crippen LogP contribution in [-0.4, -0.2) is 34.0 Å². The number of benzene rings is 3. The molecule has 0 heterocycles. The fourth-order valence-electron chi connectivity index (χ4n) is 3.19. The number of rotatable bonds is 8. The Kier molecular flexibility index (Phi) is 8.30. The van der Waals surface area contributed by atoms with Crippen LogP contribution in [0.15, 0.2) is 78.9 Å². The predicted molar refractivity (Wildman–Crippen MR) is 128 cm³/mol. The lowest BCUT2D eigenvalue weighted by molar-refractivity contribution is -0.137. The third-order valence-electron chi connectivity index (χ3n) is 4.99. The Morgan fingerprint density at radius 2 is 1.36 bits per heavy atom. The zero-order chi connectivity index (χ0) is 23.8. The number of amidine groups is 2. The Hall–Kier alpha value is -3.10. The molecule has 0 fully saturated rings. The highest BCUT2D eigenvalue weighted by atomic mass is 32.2. The molecule has 0 aliphatic rings. The summed E-state index contributed by atoms with van der Waals surface area (Å²) in [6, 6.07) is 22.1. The van der Waals surface area contributed by atoms with Gasteiger partial charge in [-0.1, -0.05) is 66.7 Å². The van der Waals surface area contributed by atoms with Gasteiger partial charge in [0.05, 0.1) is 17.9 Å². The molecular weight excluding hydrogens is 447 g/mol. The second-order valence-corrected chi connectivity index (χ2v) is 8.37. The molecule has 0 aliphatic carbocycles. The van der Waals surface area contributed by atoms with Gasteiger partial charge in [-0.3, -0.25) is 10.8 Å². The van der Waals surface area contributed by atoms with E-state index in [0.717, 1.165) is 34.6 Å². The van der Waals surface area contributed by atoms with Gasteiger partial charge in [-0.15, -0.1) is 11.8 Å². The number of alkyl halides is 3. The molecule has 0 radical (unpaired) electrons. The molecule has 0 bridgehead atoms. The van der Waals surface area contributed by atoms with E-state index in [1.165, 1.54) is 17.0 Å². The molecule has 3 aromatic rings. The maximum Gasteiger partial charge on any atom is 0.416 e. The number of thioether (sulfide) groups is 1. The highest BCUT2D eigenvalue weighted by Crippen LogP contribution is 2.31. The van der Waals surface area contributed by atoms with Crippen LogP contribution in [0.4, 0.5) is 13.2 Å². The number of hydrogen-bond acceptors (Lipinski definition) is 4. The second kappa shape index (κ2) is 11.2. The van der Waals surface area contributed by atoms with Gasteiger partial charge in [0.15, 0.2) is 0 Å². The first-order valence-corrected chi connectivity index (χ1v) is 11.3. The molecule has 33 heavy (non-hydrogen) atoms. The maximum atomic E-state index is 12.8. The molecule has 172 valence electrons. The van der Waals surface area contributed by atoms with Crippen molar-refractivity contribution in [1.29, 1.82) is 10.8 Å². The highest BCUT2D eigenvalue weighted by Gasteiger charge is 2.29. The van der Waals surface area contributed by atoms with Gasteiger partial charge >= 0.3 is 6.18 Å². The summed E-state index contributed by atoms with van der Waals surface area (Å²) in [5.41, 5.74) is 2.72. The van der Waals surface area contributed by atoms with Crippen LogP contribution in [-0.2, 0) is 18.5 Å². The fraction of sp³-hybridized carbons (Fsp3) is 0.200. The number of nitrogens with one attached hydrogen (secondary N) is 2. The van der Waals surface area contributed by atoms with Crippen LogP contribution in [0.3, 0.4) is 0 Å². The van der Waals surface area contributed by atoms with E-state index in [2.05, 4.69) is 0 Å². The SMILES string of the molecule is N=C(CO)N(Cc1ccc(-c2ccc(C(F)(F)F)cc2)cc1)C(=N)CSCc1ccccc1. The summed E-state index contributed by atoms with van der Waals surface area (Å²) in [6.07, 6.45) is -4.37. The van der Waals surface area contributed by atoms with Crippen LogP contribution in [0.25, 0.3) is 11.1 Å². The molecule has 0 aliphatic heterocycles. The molecule has 4 nitrogen and oxygen atoms in total. The molecule has 0 saturated carbocycles. The molecular formula is C25H24F3N3OS. The molecule has 3 aromatic carbocycles. The zero-order valence-corrected chi connectivity index (χ0v) is 18.6. The standard InChI is InChI=1S/C25H24F3N3OS/c26-25(27,28)22-12-10-21(11-13-22)20-8-6-18(7-9-20)14-31(23(29)15-32)24(30)17-33-16-19-4-2-1-3-5-19/h1-13,29-30,32H,14-17H2. The van der Waals surface area contributed by atoms with Crippen LogP contribution in [0.1, 0.15) is 16.7 Å². The molecule has 8 heteroatoms. The van der Waals surface area contributed by atoms with Gasteiger partial charge in [0.2, 0.25) is 0 Å². The van der Waals surface area contributed by atoms with Gasteiger partial charge in [0, 0.05) is 5.75 Å². The van der Waals surface area contributed by atoms with E-state index in [9.17, 15) is 18.3 Å². The summed E-state index contributed by atoms with van der Waals surface area (Å²) in [4.78, 5) is 1.46. The number of hydrogen-bond donors (Lipinski definition) is 3. The van der Waals surface area contributed by atoms with Gasteiger partial charge in [-0.05, 0) is 34.4 Å². The number of aliphatic hydroxyl groups excluding tert-OH is 1. The van der Waals surface area contributed by atoms with E-state index in [1.807, 2.05) is 42.5 Å².